The van der Waals surface area contributed by atoms with Crippen LogP contribution in [0, 0.1) is 6.92 Å². The summed E-state index contributed by atoms with van der Waals surface area (Å²) in [6, 6.07) is 7.36. The van der Waals surface area contributed by atoms with Crippen molar-refractivity contribution in [3.63, 3.8) is 0 Å². The molecule has 5 rings (SSSR count). The highest BCUT2D eigenvalue weighted by molar-refractivity contribution is 6.05. The molecule has 144 valence electrons. The molecule has 0 radical (unpaired) electrons. The number of pyridine rings is 2. The van der Waals surface area contributed by atoms with Crippen LogP contribution in [0.2, 0.25) is 0 Å². The quantitative estimate of drug-likeness (QED) is 0.855. The summed E-state index contributed by atoms with van der Waals surface area (Å²) in [5, 5.41) is 5.83. The average molecular weight is 378 g/mol. The van der Waals surface area contributed by atoms with Gasteiger partial charge >= 0.3 is 6.03 Å². The molecule has 1 atom stereocenters. The number of rotatable bonds is 3. The molecule has 2 bridgehead atoms. The topological polar surface area (TPSA) is 90.5 Å². The van der Waals surface area contributed by atoms with E-state index in [0.29, 0.717) is 17.3 Å². The molecule has 0 spiro atoms. The van der Waals surface area contributed by atoms with Crippen molar-refractivity contribution in [3.8, 4) is 0 Å². The highest BCUT2D eigenvalue weighted by Gasteiger charge is 2.40. The second-order valence-corrected chi connectivity index (χ2v) is 7.70. The number of aryl methyl sites for hydroxylation is 1. The van der Waals surface area contributed by atoms with Gasteiger partial charge in [-0.05, 0) is 49.9 Å². The Morgan fingerprint density at radius 1 is 1.14 bits per heavy atom. The zero-order valence-corrected chi connectivity index (χ0v) is 15.7. The minimum absolute atomic E-state index is 0.0344. The first-order valence-corrected chi connectivity index (χ1v) is 9.68. The Bertz CT molecular complexity index is 940. The molecule has 3 amide bonds. The van der Waals surface area contributed by atoms with Crippen molar-refractivity contribution in [2.24, 2.45) is 0 Å². The molecule has 2 aromatic rings. The minimum Gasteiger partial charge on any atom is -0.366 e. The van der Waals surface area contributed by atoms with Crippen LogP contribution in [-0.2, 0) is 0 Å². The second-order valence-electron chi connectivity index (χ2n) is 7.70. The maximum atomic E-state index is 13.1. The molecule has 1 saturated heterocycles. The number of carbonyl (C=O) groups excluding carboxylic acids is 2. The van der Waals surface area contributed by atoms with E-state index >= 15 is 0 Å². The van der Waals surface area contributed by atoms with E-state index in [1.54, 1.807) is 23.2 Å². The van der Waals surface area contributed by atoms with Gasteiger partial charge in [-0.1, -0.05) is 6.07 Å². The fourth-order valence-corrected chi connectivity index (χ4v) is 3.80. The van der Waals surface area contributed by atoms with Crippen molar-refractivity contribution >= 4 is 29.3 Å². The Hall–Kier alpha value is -3.16. The summed E-state index contributed by atoms with van der Waals surface area (Å²) in [6.45, 7) is 3.60. The number of hydrogen-bond acceptors (Lipinski definition) is 5. The van der Waals surface area contributed by atoms with Crippen molar-refractivity contribution < 1.29 is 9.59 Å². The molecule has 1 unspecified atom stereocenters. The van der Waals surface area contributed by atoms with Crippen molar-refractivity contribution in [3.05, 3.63) is 41.7 Å². The number of carbonyl (C=O) groups is 2. The molecular weight excluding hydrogens is 356 g/mol. The van der Waals surface area contributed by atoms with Gasteiger partial charge in [0.15, 0.2) is 5.82 Å². The second kappa shape index (κ2) is 6.47. The largest absolute Gasteiger partial charge is 0.366 e. The molecule has 4 heterocycles. The van der Waals surface area contributed by atoms with Crippen molar-refractivity contribution in [1.29, 1.82) is 0 Å². The maximum absolute atomic E-state index is 13.1. The molecule has 8 nitrogen and oxygen atoms in total. The normalized spacial score (nSPS) is 20.0. The predicted octanol–water partition coefficient (Wildman–Crippen LogP) is 2.31. The van der Waals surface area contributed by atoms with Crippen LogP contribution >= 0.6 is 0 Å². The van der Waals surface area contributed by atoms with Gasteiger partial charge in [0.2, 0.25) is 0 Å². The van der Waals surface area contributed by atoms with Gasteiger partial charge in [-0.2, -0.15) is 0 Å². The van der Waals surface area contributed by atoms with Crippen molar-refractivity contribution in [2.75, 3.05) is 28.2 Å². The molecule has 1 aliphatic carbocycles. The van der Waals surface area contributed by atoms with E-state index in [2.05, 4.69) is 25.5 Å². The Labute approximate surface area is 163 Å². The van der Waals surface area contributed by atoms with Gasteiger partial charge in [-0.3, -0.25) is 15.0 Å². The Morgan fingerprint density at radius 2 is 2.00 bits per heavy atom. The van der Waals surface area contributed by atoms with Crippen LogP contribution in [0.5, 0.6) is 0 Å². The van der Waals surface area contributed by atoms with Gasteiger partial charge in [0, 0.05) is 25.3 Å². The lowest BCUT2D eigenvalue weighted by Gasteiger charge is -2.35. The van der Waals surface area contributed by atoms with Crippen LogP contribution in [0.25, 0.3) is 0 Å². The monoisotopic (exact) mass is 378 g/mol. The SMILES string of the molecule is Cc1ccc(NC(=O)N2c3nc(C(=O)NC4CC4)ccc3N3CCC2C3)nc1. The minimum atomic E-state index is -0.267. The highest BCUT2D eigenvalue weighted by Crippen LogP contribution is 2.39. The van der Waals surface area contributed by atoms with Gasteiger partial charge < -0.3 is 10.2 Å². The first-order chi connectivity index (χ1) is 13.6. The summed E-state index contributed by atoms with van der Waals surface area (Å²) < 4.78 is 0. The molecule has 28 heavy (non-hydrogen) atoms. The summed E-state index contributed by atoms with van der Waals surface area (Å²) >= 11 is 0. The fraction of sp³-hybridized carbons (Fsp3) is 0.400. The molecule has 2 fully saturated rings. The van der Waals surface area contributed by atoms with E-state index in [0.717, 1.165) is 43.6 Å². The van der Waals surface area contributed by atoms with E-state index in [1.165, 1.54) is 0 Å². The lowest BCUT2D eigenvalue weighted by molar-refractivity contribution is 0.0946. The van der Waals surface area contributed by atoms with Gasteiger partial charge in [-0.25, -0.2) is 14.8 Å². The van der Waals surface area contributed by atoms with Crippen LogP contribution in [0.1, 0.15) is 35.3 Å². The molecule has 2 aromatic heterocycles. The number of aromatic nitrogens is 2. The van der Waals surface area contributed by atoms with Gasteiger partial charge in [-0.15, -0.1) is 0 Å². The molecule has 0 aromatic carbocycles. The fourth-order valence-electron chi connectivity index (χ4n) is 3.80. The van der Waals surface area contributed by atoms with Gasteiger partial charge in [0.25, 0.3) is 5.91 Å². The lowest BCUT2D eigenvalue weighted by Crippen LogP contribution is -2.48. The maximum Gasteiger partial charge on any atom is 0.329 e. The number of fused-ring (bicyclic) bond motifs is 4. The molecule has 8 heteroatoms. The van der Waals surface area contributed by atoms with Gasteiger partial charge in [0.05, 0.1) is 11.7 Å². The molecule has 3 aliphatic rings. The first-order valence-electron chi connectivity index (χ1n) is 9.68. The summed E-state index contributed by atoms with van der Waals surface area (Å²) in [5.41, 5.74) is 2.27. The van der Waals surface area contributed by atoms with Crippen LogP contribution in [0.4, 0.5) is 22.1 Å². The van der Waals surface area contributed by atoms with Crippen molar-refractivity contribution in [2.45, 2.75) is 38.3 Å². The van der Waals surface area contributed by atoms with E-state index in [-0.39, 0.29) is 24.0 Å². The lowest BCUT2D eigenvalue weighted by atomic mass is 10.1. The number of urea groups is 1. The average Bonchev–Trinajstić information content (AvgIpc) is 3.41. The molecule has 1 saturated carbocycles. The van der Waals surface area contributed by atoms with Crippen LogP contribution in [-0.4, -0.2) is 47.1 Å². The smallest absolute Gasteiger partial charge is 0.329 e. The third-order valence-corrected chi connectivity index (χ3v) is 5.46. The first kappa shape index (κ1) is 17.0. The third-order valence-electron chi connectivity index (χ3n) is 5.46. The van der Waals surface area contributed by atoms with E-state index < -0.39 is 0 Å². The summed E-state index contributed by atoms with van der Waals surface area (Å²) in [7, 11) is 0. The summed E-state index contributed by atoms with van der Waals surface area (Å²) in [6.07, 6.45) is 4.62. The van der Waals surface area contributed by atoms with E-state index in [1.807, 2.05) is 19.1 Å². The highest BCUT2D eigenvalue weighted by atomic mass is 16.2. The van der Waals surface area contributed by atoms with Crippen molar-refractivity contribution in [1.82, 2.24) is 15.3 Å². The Morgan fingerprint density at radius 3 is 2.75 bits per heavy atom. The molecule has 2 aliphatic heterocycles. The summed E-state index contributed by atoms with van der Waals surface area (Å²) in [4.78, 5) is 38.3. The van der Waals surface area contributed by atoms with Gasteiger partial charge in [0.1, 0.15) is 11.5 Å². The number of nitrogens with one attached hydrogen (secondary N) is 2. The molecule has 2 N–H and O–H groups in total. The predicted molar refractivity (Wildman–Crippen MR) is 106 cm³/mol. The standard InChI is InChI=1S/C20H22N6O2/c1-12-2-7-17(21-10-12)24-20(28)26-14-8-9-25(11-14)16-6-5-15(23-18(16)26)19(27)22-13-3-4-13/h2,5-7,10,13-14H,3-4,8-9,11H2,1H3,(H,22,27)(H,21,24,28). The zero-order valence-electron chi connectivity index (χ0n) is 15.7. The van der Waals surface area contributed by atoms with Crippen LogP contribution < -0.4 is 20.4 Å². The van der Waals surface area contributed by atoms with E-state index in [9.17, 15) is 9.59 Å². The number of anilines is 3. The molecular formula is C20H22N6O2. The van der Waals surface area contributed by atoms with E-state index in [4.69, 9.17) is 0 Å². The number of nitrogens with zero attached hydrogens (tertiary/aromatic N) is 4. The zero-order chi connectivity index (χ0) is 19.3. The Kier molecular flexibility index (Phi) is 3.92. The Balaban J connectivity index is 1.45. The van der Waals surface area contributed by atoms with Crippen LogP contribution in [0.15, 0.2) is 30.5 Å². The number of hydrogen-bond donors (Lipinski definition) is 2. The van der Waals surface area contributed by atoms with Crippen LogP contribution in [0.3, 0.4) is 0 Å². The summed E-state index contributed by atoms with van der Waals surface area (Å²) in [5.74, 6) is 0.862. The third kappa shape index (κ3) is 3.04. The number of amides is 3.